The van der Waals surface area contributed by atoms with Gasteiger partial charge < -0.3 is 25.1 Å². The third-order valence-electron chi connectivity index (χ3n) is 6.90. The lowest BCUT2D eigenvalue weighted by Crippen LogP contribution is -2.37. The summed E-state index contributed by atoms with van der Waals surface area (Å²) in [6, 6.07) is 1.64. The van der Waals surface area contributed by atoms with E-state index in [0.29, 0.717) is 44.5 Å². The van der Waals surface area contributed by atoms with Crippen molar-refractivity contribution in [3.8, 4) is 0 Å². The Balaban J connectivity index is 1.23. The average molecular weight is 531 g/mol. The molecule has 0 bridgehead atoms. The molecule has 1 aromatic carbocycles. The molecule has 2 amide bonds. The van der Waals surface area contributed by atoms with E-state index in [1.165, 1.54) is 6.07 Å². The van der Waals surface area contributed by atoms with Crippen molar-refractivity contribution in [2.45, 2.75) is 64.4 Å². The van der Waals surface area contributed by atoms with E-state index in [0.717, 1.165) is 49.2 Å². The van der Waals surface area contributed by atoms with Gasteiger partial charge in [-0.15, -0.1) is 0 Å². The van der Waals surface area contributed by atoms with E-state index in [1.807, 2.05) is 26.2 Å². The Morgan fingerprint density at radius 2 is 1.82 bits per heavy atom. The fourth-order valence-corrected chi connectivity index (χ4v) is 4.73. The van der Waals surface area contributed by atoms with Gasteiger partial charge in [-0.25, -0.2) is 23.5 Å². The number of carbonyl (C=O) groups is 1. The molecule has 1 aromatic heterocycles. The van der Waals surface area contributed by atoms with Crippen LogP contribution in [0, 0.1) is 18.6 Å². The molecule has 1 aliphatic heterocycles. The summed E-state index contributed by atoms with van der Waals surface area (Å²) in [5.41, 5.74) is 2.13. The van der Waals surface area contributed by atoms with E-state index in [9.17, 15) is 13.6 Å². The second-order valence-corrected chi connectivity index (χ2v) is 9.72. The van der Waals surface area contributed by atoms with E-state index in [-0.39, 0.29) is 24.3 Å². The summed E-state index contributed by atoms with van der Waals surface area (Å²) in [6.07, 6.45) is 8.03. The van der Waals surface area contributed by atoms with Gasteiger partial charge in [-0.1, -0.05) is 5.16 Å². The van der Waals surface area contributed by atoms with E-state index in [2.05, 4.69) is 30.7 Å². The number of aryl methyl sites for hydroxylation is 1. The van der Waals surface area contributed by atoms with Crippen molar-refractivity contribution >= 4 is 23.4 Å². The fourth-order valence-electron chi connectivity index (χ4n) is 4.73. The number of amides is 2. The number of oxime groups is 1. The molecule has 206 valence electrons. The third kappa shape index (κ3) is 7.59. The second-order valence-electron chi connectivity index (χ2n) is 9.72. The number of anilines is 2. The SMILES string of the molecule is CCOCCNC(=O)Nc1cc(F)c(C2CCC(=NOC3CCN(c4ncc(C)cn4)CC3)CC2)cc1F. The zero-order valence-corrected chi connectivity index (χ0v) is 22.0. The first-order chi connectivity index (χ1) is 18.4. The number of carbonyl (C=O) groups excluding carboxylic acids is 1. The molecular weight excluding hydrogens is 494 g/mol. The van der Waals surface area contributed by atoms with Crippen LogP contribution in [0.3, 0.4) is 0 Å². The van der Waals surface area contributed by atoms with Gasteiger partial charge in [-0.2, -0.15) is 0 Å². The van der Waals surface area contributed by atoms with Crippen LogP contribution in [0.1, 0.15) is 62.5 Å². The highest BCUT2D eigenvalue weighted by molar-refractivity contribution is 5.89. The monoisotopic (exact) mass is 530 g/mol. The topological polar surface area (TPSA) is 101 Å². The Labute approximate surface area is 222 Å². The number of ether oxygens (including phenoxy) is 1. The zero-order chi connectivity index (χ0) is 26.9. The van der Waals surface area contributed by atoms with Crippen LogP contribution >= 0.6 is 0 Å². The van der Waals surface area contributed by atoms with Crippen LogP contribution in [0.15, 0.2) is 29.7 Å². The number of nitrogens with zero attached hydrogens (tertiary/aromatic N) is 4. The number of hydrogen-bond donors (Lipinski definition) is 2. The van der Waals surface area contributed by atoms with Gasteiger partial charge in [-0.3, -0.25) is 0 Å². The van der Waals surface area contributed by atoms with Crippen molar-refractivity contribution < 1.29 is 23.1 Å². The average Bonchev–Trinajstić information content (AvgIpc) is 2.93. The summed E-state index contributed by atoms with van der Waals surface area (Å²) >= 11 is 0. The molecular formula is C27H36F2N6O3. The molecule has 2 fully saturated rings. The van der Waals surface area contributed by atoms with Crippen molar-refractivity contribution in [1.82, 2.24) is 15.3 Å². The standard InChI is InChI=1S/C27H36F2N6O3/c1-3-37-13-10-30-27(36)33-25-15-23(28)22(14-24(25)29)19-4-6-20(7-5-19)34-38-21-8-11-35(12-9-21)26-31-16-18(2)17-32-26/h14-17,19,21H,3-13H2,1-2H3,(H2,30,33,36). The summed E-state index contributed by atoms with van der Waals surface area (Å²) in [4.78, 5) is 28.7. The summed E-state index contributed by atoms with van der Waals surface area (Å²) < 4.78 is 34.6. The van der Waals surface area contributed by atoms with Gasteiger partial charge in [-0.05, 0) is 62.6 Å². The lowest BCUT2D eigenvalue weighted by Gasteiger charge is -2.31. The number of halogens is 2. The molecule has 2 heterocycles. The summed E-state index contributed by atoms with van der Waals surface area (Å²) in [5, 5.41) is 9.31. The quantitative estimate of drug-likeness (QED) is 0.353. The van der Waals surface area contributed by atoms with Crippen LogP contribution in [-0.4, -0.2) is 60.7 Å². The Kier molecular flexibility index (Phi) is 9.80. The van der Waals surface area contributed by atoms with Crippen molar-refractivity contribution in [1.29, 1.82) is 0 Å². The molecule has 9 nitrogen and oxygen atoms in total. The summed E-state index contributed by atoms with van der Waals surface area (Å²) in [6.45, 7) is 6.60. The molecule has 1 saturated carbocycles. The molecule has 0 radical (unpaired) electrons. The van der Waals surface area contributed by atoms with Gasteiger partial charge in [0, 0.05) is 57.5 Å². The van der Waals surface area contributed by atoms with Crippen LogP contribution in [0.2, 0.25) is 0 Å². The Bertz CT molecular complexity index is 1100. The largest absolute Gasteiger partial charge is 0.392 e. The van der Waals surface area contributed by atoms with Gasteiger partial charge in [0.2, 0.25) is 5.95 Å². The van der Waals surface area contributed by atoms with E-state index >= 15 is 0 Å². The molecule has 0 spiro atoms. The van der Waals surface area contributed by atoms with Gasteiger partial charge in [0.05, 0.1) is 18.0 Å². The normalized spacial score (nSPS) is 18.3. The van der Waals surface area contributed by atoms with Crippen molar-refractivity contribution in [3.63, 3.8) is 0 Å². The minimum Gasteiger partial charge on any atom is -0.392 e. The number of nitrogens with one attached hydrogen (secondary N) is 2. The Hall–Kier alpha value is -3.34. The minimum absolute atomic E-state index is 0.0462. The second kappa shape index (κ2) is 13.5. The molecule has 38 heavy (non-hydrogen) atoms. The van der Waals surface area contributed by atoms with Gasteiger partial charge >= 0.3 is 6.03 Å². The molecule has 1 aliphatic carbocycles. The predicted octanol–water partition coefficient (Wildman–Crippen LogP) is 4.92. The van der Waals surface area contributed by atoms with Crippen LogP contribution in [0.25, 0.3) is 0 Å². The minimum atomic E-state index is -0.661. The molecule has 1 saturated heterocycles. The molecule has 2 aliphatic rings. The highest BCUT2D eigenvalue weighted by atomic mass is 19.1. The molecule has 0 unspecified atom stereocenters. The van der Waals surface area contributed by atoms with E-state index < -0.39 is 17.7 Å². The van der Waals surface area contributed by atoms with Gasteiger partial charge in [0.25, 0.3) is 0 Å². The van der Waals surface area contributed by atoms with Crippen molar-refractivity contribution in [2.75, 3.05) is 43.1 Å². The van der Waals surface area contributed by atoms with Crippen LogP contribution in [0.5, 0.6) is 0 Å². The first-order valence-electron chi connectivity index (χ1n) is 13.3. The highest BCUT2D eigenvalue weighted by Gasteiger charge is 2.26. The first-order valence-corrected chi connectivity index (χ1v) is 13.3. The number of piperidine rings is 1. The third-order valence-corrected chi connectivity index (χ3v) is 6.90. The lowest BCUT2D eigenvalue weighted by atomic mass is 9.83. The van der Waals surface area contributed by atoms with Gasteiger partial charge in [0.15, 0.2) is 0 Å². The molecule has 0 atom stereocenters. The van der Waals surface area contributed by atoms with Crippen molar-refractivity contribution in [3.05, 3.63) is 47.3 Å². The van der Waals surface area contributed by atoms with Crippen LogP contribution in [0.4, 0.5) is 25.2 Å². The molecule has 2 N–H and O–H groups in total. The lowest BCUT2D eigenvalue weighted by molar-refractivity contribution is 0.0406. The van der Waals surface area contributed by atoms with E-state index in [1.54, 1.807) is 0 Å². The van der Waals surface area contributed by atoms with Crippen LogP contribution in [-0.2, 0) is 9.57 Å². The predicted molar refractivity (Wildman–Crippen MR) is 142 cm³/mol. The molecule has 11 heteroatoms. The molecule has 4 rings (SSSR count). The van der Waals surface area contributed by atoms with Crippen LogP contribution < -0.4 is 15.5 Å². The maximum atomic E-state index is 14.9. The summed E-state index contributed by atoms with van der Waals surface area (Å²) in [7, 11) is 0. The Morgan fingerprint density at radius 3 is 2.50 bits per heavy atom. The fraction of sp³-hybridized carbons (Fsp3) is 0.556. The highest BCUT2D eigenvalue weighted by Crippen LogP contribution is 2.35. The first kappa shape index (κ1) is 27.7. The smallest absolute Gasteiger partial charge is 0.319 e. The number of rotatable bonds is 9. The number of urea groups is 1. The maximum absolute atomic E-state index is 14.9. The van der Waals surface area contributed by atoms with Gasteiger partial charge in [0.1, 0.15) is 17.7 Å². The zero-order valence-electron chi connectivity index (χ0n) is 22.0. The Morgan fingerprint density at radius 1 is 1.11 bits per heavy atom. The van der Waals surface area contributed by atoms with Crippen molar-refractivity contribution in [2.24, 2.45) is 5.16 Å². The number of hydrogen-bond acceptors (Lipinski definition) is 7. The maximum Gasteiger partial charge on any atom is 0.319 e. The number of benzene rings is 1. The van der Waals surface area contributed by atoms with E-state index in [4.69, 9.17) is 9.57 Å². The number of aromatic nitrogens is 2. The summed E-state index contributed by atoms with van der Waals surface area (Å²) in [5.74, 6) is -0.560. The molecule has 2 aromatic rings.